The average molecular weight is 472 g/mol. The molecule has 3 aromatic rings. The Kier molecular flexibility index (Phi) is 8.49. The zero-order valence-electron chi connectivity index (χ0n) is 20.2. The largest absolute Gasteiger partial charge is 0.487 e. The maximum Gasteiger partial charge on any atom is 0.223 e. The van der Waals surface area contributed by atoms with Crippen molar-refractivity contribution >= 4 is 11.8 Å². The number of aryl methyl sites for hydroxylation is 1. The van der Waals surface area contributed by atoms with Gasteiger partial charge in [-0.2, -0.15) is 0 Å². The summed E-state index contributed by atoms with van der Waals surface area (Å²) in [7, 11) is 0. The lowest BCUT2D eigenvalue weighted by Crippen LogP contribution is -2.43. The first-order chi connectivity index (χ1) is 17.1. The van der Waals surface area contributed by atoms with Gasteiger partial charge in [-0.15, -0.1) is 0 Å². The lowest BCUT2D eigenvalue weighted by molar-refractivity contribution is -0.135. The topological polar surface area (TPSA) is 71.5 Å². The normalized spacial score (nSPS) is 14.8. The molecule has 1 N–H and O–H groups in total. The first kappa shape index (κ1) is 24.5. The van der Waals surface area contributed by atoms with E-state index in [-0.39, 0.29) is 23.8 Å². The molecule has 35 heavy (non-hydrogen) atoms. The van der Waals surface area contributed by atoms with Gasteiger partial charge in [0, 0.05) is 31.6 Å². The standard InChI is InChI=1S/C29H33N3O3/c1-22(25-10-7-12-27(20-25)35-21-26-11-5-6-17-30-26)31-29(34)24-15-18-32(19-16-24)28(33)14-13-23-8-3-2-4-9-23/h2-12,17,20,22,24H,13-16,18-19,21H2,1H3,(H,31,34). The number of piperidine rings is 1. The zero-order valence-corrected chi connectivity index (χ0v) is 20.2. The molecule has 1 aliphatic rings. The number of carbonyl (C=O) groups is 2. The summed E-state index contributed by atoms with van der Waals surface area (Å²) in [6, 6.07) is 23.5. The number of amides is 2. The third kappa shape index (κ3) is 7.15. The highest BCUT2D eigenvalue weighted by molar-refractivity contribution is 5.80. The monoisotopic (exact) mass is 471 g/mol. The summed E-state index contributed by atoms with van der Waals surface area (Å²) < 4.78 is 5.87. The van der Waals surface area contributed by atoms with Crippen molar-refractivity contribution < 1.29 is 14.3 Å². The average Bonchev–Trinajstić information content (AvgIpc) is 2.92. The van der Waals surface area contributed by atoms with Crippen LogP contribution in [0.15, 0.2) is 79.0 Å². The van der Waals surface area contributed by atoms with Gasteiger partial charge in [-0.1, -0.05) is 48.5 Å². The molecular weight excluding hydrogens is 438 g/mol. The minimum absolute atomic E-state index is 0.0497. The van der Waals surface area contributed by atoms with Gasteiger partial charge in [-0.25, -0.2) is 0 Å². The Labute approximate surface area is 207 Å². The van der Waals surface area contributed by atoms with E-state index in [4.69, 9.17) is 4.74 Å². The second kappa shape index (κ2) is 12.2. The lowest BCUT2D eigenvalue weighted by Gasteiger charge is -2.32. The van der Waals surface area contributed by atoms with Crippen LogP contribution in [0.25, 0.3) is 0 Å². The highest BCUT2D eigenvalue weighted by atomic mass is 16.5. The van der Waals surface area contributed by atoms with Gasteiger partial charge in [-0.05, 0) is 61.6 Å². The summed E-state index contributed by atoms with van der Waals surface area (Å²) in [5.74, 6) is 0.896. The van der Waals surface area contributed by atoms with Crippen LogP contribution in [0.1, 0.15) is 49.0 Å². The molecule has 0 radical (unpaired) electrons. The van der Waals surface area contributed by atoms with E-state index in [1.165, 1.54) is 5.56 Å². The van der Waals surface area contributed by atoms with Gasteiger partial charge in [0.25, 0.3) is 0 Å². The van der Waals surface area contributed by atoms with E-state index in [9.17, 15) is 9.59 Å². The second-order valence-electron chi connectivity index (χ2n) is 9.05. The third-order valence-electron chi connectivity index (χ3n) is 6.52. The minimum Gasteiger partial charge on any atom is -0.487 e. The molecule has 6 nitrogen and oxygen atoms in total. The molecule has 2 aromatic carbocycles. The molecule has 0 bridgehead atoms. The molecule has 1 atom stereocenters. The summed E-state index contributed by atoms with van der Waals surface area (Å²) in [4.78, 5) is 31.7. The van der Waals surface area contributed by atoms with E-state index in [0.29, 0.717) is 39.0 Å². The Bertz CT molecular complexity index is 1100. The van der Waals surface area contributed by atoms with E-state index in [1.807, 2.05) is 84.6 Å². The number of carbonyl (C=O) groups excluding carboxylic acids is 2. The molecule has 0 saturated carbocycles. The van der Waals surface area contributed by atoms with Crippen molar-refractivity contribution in [2.24, 2.45) is 5.92 Å². The molecule has 0 spiro atoms. The summed E-state index contributed by atoms with van der Waals surface area (Å²) >= 11 is 0. The van der Waals surface area contributed by atoms with E-state index in [0.717, 1.165) is 23.4 Å². The molecule has 2 heterocycles. The predicted octanol–water partition coefficient (Wildman–Crippen LogP) is 4.71. The lowest BCUT2D eigenvalue weighted by atomic mass is 9.94. The van der Waals surface area contributed by atoms with Gasteiger partial charge in [0.15, 0.2) is 0 Å². The first-order valence-corrected chi connectivity index (χ1v) is 12.3. The number of hydrogen-bond acceptors (Lipinski definition) is 4. The van der Waals surface area contributed by atoms with Crippen molar-refractivity contribution in [2.75, 3.05) is 13.1 Å². The number of hydrogen-bond donors (Lipinski definition) is 1. The Balaban J connectivity index is 1.22. The molecule has 1 saturated heterocycles. The van der Waals surface area contributed by atoms with Crippen LogP contribution >= 0.6 is 0 Å². The van der Waals surface area contributed by atoms with Crippen molar-refractivity contribution in [3.63, 3.8) is 0 Å². The molecule has 182 valence electrons. The summed E-state index contributed by atoms with van der Waals surface area (Å²) in [5, 5.41) is 3.15. The van der Waals surface area contributed by atoms with Crippen LogP contribution in [0.2, 0.25) is 0 Å². The number of pyridine rings is 1. The predicted molar refractivity (Wildman–Crippen MR) is 136 cm³/mol. The minimum atomic E-state index is -0.133. The molecular formula is C29H33N3O3. The highest BCUT2D eigenvalue weighted by Gasteiger charge is 2.28. The van der Waals surface area contributed by atoms with Crippen LogP contribution in [-0.2, 0) is 22.6 Å². The van der Waals surface area contributed by atoms with Crippen LogP contribution in [0.3, 0.4) is 0 Å². The van der Waals surface area contributed by atoms with Crippen molar-refractivity contribution in [3.8, 4) is 5.75 Å². The number of benzene rings is 2. The summed E-state index contributed by atoms with van der Waals surface area (Å²) in [6.45, 7) is 3.65. The second-order valence-corrected chi connectivity index (χ2v) is 9.05. The van der Waals surface area contributed by atoms with Crippen LogP contribution in [0.5, 0.6) is 5.75 Å². The van der Waals surface area contributed by atoms with Gasteiger partial charge in [0.05, 0.1) is 11.7 Å². The van der Waals surface area contributed by atoms with Crippen LogP contribution in [-0.4, -0.2) is 34.8 Å². The number of likely N-dealkylation sites (tertiary alicyclic amines) is 1. The van der Waals surface area contributed by atoms with Crippen molar-refractivity contribution in [2.45, 2.75) is 45.3 Å². The summed E-state index contributed by atoms with van der Waals surface area (Å²) in [5.41, 5.74) is 3.03. The van der Waals surface area contributed by atoms with E-state index in [1.54, 1.807) is 6.20 Å². The van der Waals surface area contributed by atoms with Gasteiger partial charge < -0.3 is 15.0 Å². The fraction of sp³-hybridized carbons (Fsp3) is 0.345. The molecule has 1 unspecified atom stereocenters. The molecule has 2 amide bonds. The van der Waals surface area contributed by atoms with E-state index >= 15 is 0 Å². The number of nitrogens with one attached hydrogen (secondary N) is 1. The third-order valence-corrected chi connectivity index (χ3v) is 6.52. The fourth-order valence-electron chi connectivity index (χ4n) is 4.37. The van der Waals surface area contributed by atoms with Crippen LogP contribution in [0.4, 0.5) is 0 Å². The van der Waals surface area contributed by atoms with Crippen molar-refractivity contribution in [3.05, 3.63) is 95.8 Å². The maximum atomic E-state index is 12.9. The van der Waals surface area contributed by atoms with Crippen molar-refractivity contribution in [1.29, 1.82) is 0 Å². The maximum absolute atomic E-state index is 12.9. The van der Waals surface area contributed by atoms with Crippen LogP contribution < -0.4 is 10.1 Å². The van der Waals surface area contributed by atoms with E-state index in [2.05, 4.69) is 10.3 Å². The number of aromatic nitrogens is 1. The Morgan fingerprint density at radius 2 is 1.80 bits per heavy atom. The molecule has 0 aliphatic carbocycles. The molecule has 1 fully saturated rings. The van der Waals surface area contributed by atoms with Crippen molar-refractivity contribution in [1.82, 2.24) is 15.2 Å². The van der Waals surface area contributed by atoms with Crippen LogP contribution in [0, 0.1) is 5.92 Å². The number of ether oxygens (including phenoxy) is 1. The first-order valence-electron chi connectivity index (χ1n) is 12.3. The molecule has 4 rings (SSSR count). The fourth-order valence-corrected chi connectivity index (χ4v) is 4.37. The SMILES string of the molecule is CC(NC(=O)C1CCN(C(=O)CCc2ccccc2)CC1)c1cccc(OCc2ccccn2)c1. The van der Waals surface area contributed by atoms with Gasteiger partial charge >= 0.3 is 0 Å². The Morgan fingerprint density at radius 1 is 1.03 bits per heavy atom. The Hall–Kier alpha value is -3.67. The molecule has 1 aliphatic heterocycles. The Morgan fingerprint density at radius 3 is 2.54 bits per heavy atom. The van der Waals surface area contributed by atoms with Gasteiger partial charge in [-0.3, -0.25) is 14.6 Å². The summed E-state index contributed by atoms with van der Waals surface area (Å²) in [6.07, 6.45) is 4.41. The molecule has 6 heteroatoms. The zero-order chi connectivity index (χ0) is 24.5. The van der Waals surface area contributed by atoms with Gasteiger partial charge in [0.2, 0.25) is 11.8 Å². The number of nitrogens with zero attached hydrogens (tertiary/aromatic N) is 2. The quantitative estimate of drug-likeness (QED) is 0.491. The van der Waals surface area contributed by atoms with Gasteiger partial charge in [0.1, 0.15) is 12.4 Å². The number of rotatable bonds is 9. The molecule has 1 aromatic heterocycles. The smallest absolute Gasteiger partial charge is 0.223 e. The highest BCUT2D eigenvalue weighted by Crippen LogP contribution is 2.23. The van der Waals surface area contributed by atoms with E-state index < -0.39 is 0 Å².